The maximum absolute atomic E-state index is 13.2. The second-order valence-electron chi connectivity index (χ2n) is 10.2. The fourth-order valence-corrected chi connectivity index (χ4v) is 4.62. The molecule has 0 saturated carbocycles. The number of hydrogen-bond acceptors (Lipinski definition) is 6. The summed E-state index contributed by atoms with van der Waals surface area (Å²) in [4.78, 5) is 41.9. The standard InChI is InChI=1S/C27H39N3O5/c1-7-34-24(31)19-13-15-30(16-14-19)17-21-22(25(32)35-8-2)23(28-26(33)29(21)6)18-9-11-20(12-10-18)27(3,4)5/h9-12,19,23H,7-8,13-17H2,1-6H3,(H,28,33)/t23-/m0/s1. The minimum atomic E-state index is -0.598. The van der Waals surface area contributed by atoms with E-state index < -0.39 is 12.0 Å². The Morgan fingerprint density at radius 3 is 2.17 bits per heavy atom. The van der Waals surface area contributed by atoms with Crippen LogP contribution in [0, 0.1) is 5.92 Å². The molecule has 192 valence electrons. The summed E-state index contributed by atoms with van der Waals surface area (Å²) in [5, 5.41) is 2.98. The van der Waals surface area contributed by atoms with E-state index >= 15 is 0 Å². The Bertz CT molecular complexity index is 956. The third-order valence-electron chi connectivity index (χ3n) is 6.76. The van der Waals surface area contributed by atoms with E-state index in [2.05, 4.69) is 31.0 Å². The van der Waals surface area contributed by atoms with Crippen LogP contribution in [0.15, 0.2) is 35.5 Å². The molecule has 0 aromatic heterocycles. The number of nitrogens with zero attached hydrogens (tertiary/aromatic N) is 2. The highest BCUT2D eigenvalue weighted by atomic mass is 16.5. The zero-order valence-electron chi connectivity index (χ0n) is 21.8. The second-order valence-corrected chi connectivity index (χ2v) is 10.2. The topological polar surface area (TPSA) is 88.2 Å². The highest BCUT2D eigenvalue weighted by molar-refractivity contribution is 5.95. The molecule has 1 saturated heterocycles. The van der Waals surface area contributed by atoms with Gasteiger partial charge >= 0.3 is 18.0 Å². The zero-order chi connectivity index (χ0) is 25.8. The van der Waals surface area contributed by atoms with Gasteiger partial charge in [0, 0.05) is 19.3 Å². The maximum Gasteiger partial charge on any atom is 0.338 e. The summed E-state index contributed by atoms with van der Waals surface area (Å²) in [7, 11) is 1.67. The molecule has 1 N–H and O–H groups in total. The Labute approximate surface area is 208 Å². The van der Waals surface area contributed by atoms with E-state index in [1.54, 1.807) is 14.0 Å². The number of likely N-dealkylation sites (N-methyl/N-ethyl adjacent to an activating group) is 1. The minimum absolute atomic E-state index is 0.00476. The first-order chi connectivity index (χ1) is 16.6. The Hall–Kier alpha value is -2.87. The Kier molecular flexibility index (Phi) is 8.59. The molecule has 2 amide bonds. The number of hydrogen-bond donors (Lipinski definition) is 1. The van der Waals surface area contributed by atoms with Crippen LogP contribution in [0.1, 0.15) is 64.6 Å². The van der Waals surface area contributed by atoms with Crippen molar-refractivity contribution in [3.63, 3.8) is 0 Å². The number of carbonyl (C=O) groups excluding carboxylic acids is 3. The molecular formula is C27H39N3O5. The molecule has 0 radical (unpaired) electrons. The normalized spacial score (nSPS) is 20.0. The average Bonchev–Trinajstić information content (AvgIpc) is 2.82. The van der Waals surface area contributed by atoms with E-state index in [1.165, 1.54) is 10.5 Å². The average molecular weight is 486 g/mol. The monoisotopic (exact) mass is 485 g/mol. The highest BCUT2D eigenvalue weighted by Crippen LogP contribution is 2.33. The van der Waals surface area contributed by atoms with Crippen LogP contribution in [0.4, 0.5) is 4.79 Å². The Morgan fingerprint density at radius 1 is 1.03 bits per heavy atom. The summed E-state index contributed by atoms with van der Waals surface area (Å²) < 4.78 is 10.6. The van der Waals surface area contributed by atoms with Gasteiger partial charge in [-0.25, -0.2) is 9.59 Å². The summed E-state index contributed by atoms with van der Waals surface area (Å²) in [5.41, 5.74) is 3.08. The van der Waals surface area contributed by atoms with Crippen molar-refractivity contribution in [2.24, 2.45) is 5.92 Å². The van der Waals surface area contributed by atoms with Crippen LogP contribution in [0.5, 0.6) is 0 Å². The molecule has 0 bridgehead atoms. The third kappa shape index (κ3) is 6.23. The summed E-state index contributed by atoms with van der Waals surface area (Å²) in [6.07, 6.45) is 1.38. The summed E-state index contributed by atoms with van der Waals surface area (Å²) >= 11 is 0. The number of piperidine rings is 1. The van der Waals surface area contributed by atoms with Crippen molar-refractivity contribution in [3.8, 4) is 0 Å². The van der Waals surface area contributed by atoms with E-state index in [9.17, 15) is 14.4 Å². The zero-order valence-corrected chi connectivity index (χ0v) is 21.8. The number of ether oxygens (including phenoxy) is 2. The van der Waals surface area contributed by atoms with Gasteiger partial charge in [0.1, 0.15) is 0 Å². The number of amides is 2. The molecule has 35 heavy (non-hydrogen) atoms. The maximum atomic E-state index is 13.2. The van der Waals surface area contributed by atoms with Crippen molar-refractivity contribution >= 4 is 18.0 Å². The van der Waals surface area contributed by atoms with Crippen LogP contribution >= 0.6 is 0 Å². The Balaban J connectivity index is 1.91. The molecule has 1 aromatic rings. The molecule has 3 rings (SSSR count). The molecule has 2 aliphatic heterocycles. The number of benzene rings is 1. The molecule has 2 aliphatic rings. The van der Waals surface area contributed by atoms with Gasteiger partial charge in [-0.3, -0.25) is 14.6 Å². The predicted octanol–water partition coefficient (Wildman–Crippen LogP) is 3.77. The smallest absolute Gasteiger partial charge is 0.338 e. The number of carbonyl (C=O) groups is 3. The lowest BCUT2D eigenvalue weighted by Crippen LogP contribution is -2.50. The van der Waals surface area contributed by atoms with Crippen molar-refractivity contribution < 1.29 is 23.9 Å². The van der Waals surface area contributed by atoms with Crippen LogP contribution in [0.2, 0.25) is 0 Å². The fraction of sp³-hybridized carbons (Fsp3) is 0.593. The number of urea groups is 1. The number of nitrogens with one attached hydrogen (secondary N) is 1. The van der Waals surface area contributed by atoms with Gasteiger partial charge in [-0.1, -0.05) is 45.0 Å². The number of rotatable bonds is 7. The van der Waals surface area contributed by atoms with Crippen LogP contribution in [0.3, 0.4) is 0 Å². The molecule has 1 fully saturated rings. The molecule has 8 nitrogen and oxygen atoms in total. The Morgan fingerprint density at radius 2 is 1.63 bits per heavy atom. The van der Waals surface area contributed by atoms with Crippen LogP contribution in [-0.4, -0.2) is 67.7 Å². The lowest BCUT2D eigenvalue weighted by molar-refractivity contribution is -0.149. The van der Waals surface area contributed by atoms with Gasteiger partial charge in [-0.15, -0.1) is 0 Å². The summed E-state index contributed by atoms with van der Waals surface area (Å²) in [6, 6.07) is 7.17. The van der Waals surface area contributed by atoms with Gasteiger partial charge in [-0.2, -0.15) is 0 Å². The van der Waals surface area contributed by atoms with Gasteiger partial charge in [0.15, 0.2) is 0 Å². The van der Waals surface area contributed by atoms with Gasteiger partial charge in [0.05, 0.1) is 30.7 Å². The molecule has 1 aromatic carbocycles. The van der Waals surface area contributed by atoms with Crippen LogP contribution in [-0.2, 0) is 24.5 Å². The lowest BCUT2D eigenvalue weighted by Gasteiger charge is -2.38. The first-order valence-corrected chi connectivity index (χ1v) is 12.5. The molecule has 0 unspecified atom stereocenters. The van der Waals surface area contributed by atoms with E-state index in [4.69, 9.17) is 9.47 Å². The molecule has 0 spiro atoms. The van der Waals surface area contributed by atoms with Crippen molar-refractivity contribution in [3.05, 3.63) is 46.7 Å². The van der Waals surface area contributed by atoms with E-state index in [1.807, 2.05) is 31.2 Å². The minimum Gasteiger partial charge on any atom is -0.466 e. The first-order valence-electron chi connectivity index (χ1n) is 12.5. The van der Waals surface area contributed by atoms with Gasteiger partial charge in [0.2, 0.25) is 0 Å². The van der Waals surface area contributed by atoms with Gasteiger partial charge in [0.25, 0.3) is 0 Å². The predicted molar refractivity (Wildman–Crippen MR) is 134 cm³/mol. The number of esters is 2. The quantitative estimate of drug-likeness (QED) is 0.592. The third-order valence-corrected chi connectivity index (χ3v) is 6.76. The van der Waals surface area contributed by atoms with Crippen molar-refractivity contribution in [2.45, 2.75) is 58.9 Å². The van der Waals surface area contributed by atoms with E-state index in [-0.39, 0.29) is 29.9 Å². The van der Waals surface area contributed by atoms with Crippen molar-refractivity contribution in [1.29, 1.82) is 0 Å². The van der Waals surface area contributed by atoms with Crippen LogP contribution in [0.25, 0.3) is 0 Å². The van der Waals surface area contributed by atoms with E-state index in [0.717, 1.165) is 5.56 Å². The molecule has 2 heterocycles. The largest absolute Gasteiger partial charge is 0.466 e. The lowest BCUT2D eigenvalue weighted by atomic mass is 9.85. The van der Waals surface area contributed by atoms with Crippen LogP contribution < -0.4 is 5.32 Å². The fourth-order valence-electron chi connectivity index (χ4n) is 4.62. The molecule has 0 aliphatic carbocycles. The highest BCUT2D eigenvalue weighted by Gasteiger charge is 2.38. The second kappa shape index (κ2) is 11.2. The SMILES string of the molecule is CCOC(=O)C1=C(CN2CCC(C(=O)OCC)CC2)N(C)C(=O)N[C@H]1c1ccc(C(C)(C)C)cc1. The summed E-state index contributed by atoms with van der Waals surface area (Å²) in [6.45, 7) is 12.4. The number of likely N-dealkylation sites (tertiary alicyclic amines) is 1. The van der Waals surface area contributed by atoms with Gasteiger partial charge < -0.3 is 14.8 Å². The molecule has 8 heteroatoms. The summed E-state index contributed by atoms with van der Waals surface area (Å²) in [5.74, 6) is -0.682. The molecule has 1 atom stereocenters. The van der Waals surface area contributed by atoms with E-state index in [0.29, 0.717) is 50.4 Å². The van der Waals surface area contributed by atoms with Crippen molar-refractivity contribution in [1.82, 2.24) is 15.1 Å². The first kappa shape index (κ1) is 26.7. The molecular weight excluding hydrogens is 446 g/mol. The van der Waals surface area contributed by atoms with Crippen molar-refractivity contribution in [2.75, 3.05) is 39.9 Å². The van der Waals surface area contributed by atoms with Gasteiger partial charge in [-0.05, 0) is 56.3 Å².